The summed E-state index contributed by atoms with van der Waals surface area (Å²) in [5, 5.41) is 19.9. The summed E-state index contributed by atoms with van der Waals surface area (Å²) >= 11 is 0. The van der Waals surface area contributed by atoms with Crippen LogP contribution >= 0.6 is 0 Å². The molecule has 0 radical (unpaired) electrons. The number of hydrogen-bond acceptors (Lipinski definition) is 6. The monoisotopic (exact) mass is 414 g/mol. The minimum absolute atomic E-state index is 0.00398. The van der Waals surface area contributed by atoms with E-state index >= 15 is 0 Å². The number of fused-ring (bicyclic) bond motifs is 6. The number of aromatic hydroxyl groups is 2. The van der Waals surface area contributed by atoms with Crippen molar-refractivity contribution in [1.82, 2.24) is 0 Å². The average molecular weight is 414 g/mol. The fourth-order valence-corrected chi connectivity index (χ4v) is 4.20. The Bertz CT molecular complexity index is 1250. The van der Waals surface area contributed by atoms with Crippen LogP contribution in [0.3, 0.4) is 0 Å². The van der Waals surface area contributed by atoms with Crippen LogP contribution in [0.5, 0.6) is 23.0 Å². The molecule has 3 aromatic carbocycles. The molecule has 0 bridgehead atoms. The van der Waals surface area contributed by atoms with Gasteiger partial charge in [-0.15, -0.1) is 0 Å². The maximum absolute atomic E-state index is 13.0. The SMILES string of the molecule is C=C(C)C(=O)Cc1ccc2c(c1)C(=O)OC21c2ccc(O)cc2Oc2cc(O)ccc21. The maximum atomic E-state index is 13.0. The number of ketones is 1. The Balaban J connectivity index is 1.74. The lowest BCUT2D eigenvalue weighted by Gasteiger charge is -2.36. The van der Waals surface area contributed by atoms with Gasteiger partial charge in [0.15, 0.2) is 11.4 Å². The van der Waals surface area contributed by atoms with Crippen LogP contribution in [-0.4, -0.2) is 22.0 Å². The molecule has 0 aliphatic carbocycles. The van der Waals surface area contributed by atoms with Crippen LogP contribution in [0.1, 0.15) is 39.5 Å². The van der Waals surface area contributed by atoms with Gasteiger partial charge in [-0.1, -0.05) is 18.7 Å². The second-order valence-electron chi connectivity index (χ2n) is 7.79. The molecule has 0 amide bonds. The van der Waals surface area contributed by atoms with E-state index < -0.39 is 11.6 Å². The van der Waals surface area contributed by atoms with Gasteiger partial charge in [0.1, 0.15) is 23.0 Å². The summed E-state index contributed by atoms with van der Waals surface area (Å²) in [7, 11) is 0. The number of benzene rings is 3. The molecule has 1 spiro atoms. The molecular formula is C25H18O6. The number of rotatable bonds is 3. The van der Waals surface area contributed by atoms with Crippen LogP contribution in [-0.2, 0) is 21.6 Å². The summed E-state index contributed by atoms with van der Waals surface area (Å²) in [5.74, 6) is 0.000271. The van der Waals surface area contributed by atoms with E-state index in [1.807, 2.05) is 0 Å². The van der Waals surface area contributed by atoms with Crippen molar-refractivity contribution in [3.8, 4) is 23.0 Å². The van der Waals surface area contributed by atoms with Gasteiger partial charge >= 0.3 is 5.97 Å². The van der Waals surface area contributed by atoms with Crippen molar-refractivity contribution < 1.29 is 29.3 Å². The Morgan fingerprint density at radius 2 is 1.52 bits per heavy atom. The number of carbonyl (C=O) groups is 2. The zero-order chi connectivity index (χ0) is 21.9. The van der Waals surface area contributed by atoms with E-state index in [4.69, 9.17) is 9.47 Å². The Morgan fingerprint density at radius 3 is 2.10 bits per heavy atom. The van der Waals surface area contributed by atoms with E-state index in [9.17, 15) is 19.8 Å². The van der Waals surface area contributed by atoms with Crippen LogP contribution in [0, 0.1) is 0 Å². The van der Waals surface area contributed by atoms with Crippen molar-refractivity contribution in [1.29, 1.82) is 0 Å². The molecule has 2 heterocycles. The van der Waals surface area contributed by atoms with E-state index in [-0.39, 0.29) is 23.7 Å². The smallest absolute Gasteiger partial charge is 0.340 e. The summed E-state index contributed by atoms with van der Waals surface area (Å²) < 4.78 is 11.9. The molecule has 2 N–H and O–H groups in total. The summed E-state index contributed by atoms with van der Waals surface area (Å²) in [5.41, 5.74) is 1.91. The summed E-state index contributed by atoms with van der Waals surface area (Å²) in [6.07, 6.45) is 0.140. The van der Waals surface area contributed by atoms with Crippen LogP contribution < -0.4 is 4.74 Å². The summed E-state index contributed by atoms with van der Waals surface area (Å²) in [4.78, 5) is 25.1. The highest BCUT2D eigenvalue weighted by atomic mass is 16.6. The van der Waals surface area contributed by atoms with Gasteiger partial charge in [-0.2, -0.15) is 0 Å². The topological polar surface area (TPSA) is 93.1 Å². The lowest BCUT2D eigenvalue weighted by Crippen LogP contribution is -2.32. The molecule has 154 valence electrons. The highest BCUT2D eigenvalue weighted by molar-refractivity contribution is 5.99. The first-order valence-corrected chi connectivity index (χ1v) is 9.70. The van der Waals surface area contributed by atoms with Gasteiger partial charge in [0.25, 0.3) is 0 Å². The minimum atomic E-state index is -1.30. The molecular weight excluding hydrogens is 396 g/mol. The fourth-order valence-electron chi connectivity index (χ4n) is 4.20. The number of hydrogen-bond donors (Lipinski definition) is 2. The Morgan fingerprint density at radius 1 is 0.935 bits per heavy atom. The predicted octanol–water partition coefficient (Wildman–Crippen LogP) is 4.35. The Hall–Kier alpha value is -4.06. The first-order chi connectivity index (χ1) is 14.8. The third kappa shape index (κ3) is 2.72. The third-order valence-corrected chi connectivity index (χ3v) is 5.68. The van der Waals surface area contributed by atoms with E-state index in [1.165, 1.54) is 24.3 Å². The largest absolute Gasteiger partial charge is 0.508 e. The number of esters is 1. The van der Waals surface area contributed by atoms with Crippen LogP contribution in [0.15, 0.2) is 66.7 Å². The van der Waals surface area contributed by atoms with Gasteiger partial charge in [-0.3, -0.25) is 4.79 Å². The predicted molar refractivity (Wildman–Crippen MR) is 112 cm³/mol. The Labute approximate surface area is 178 Å². The molecule has 6 heteroatoms. The lowest BCUT2D eigenvalue weighted by molar-refractivity contribution is -0.114. The van der Waals surface area contributed by atoms with Gasteiger partial charge in [0.2, 0.25) is 0 Å². The number of phenols is 2. The van der Waals surface area contributed by atoms with E-state index in [2.05, 4.69) is 6.58 Å². The molecule has 0 unspecified atom stereocenters. The molecule has 2 aliphatic rings. The fraction of sp³-hybridized carbons (Fsp3) is 0.120. The van der Waals surface area contributed by atoms with Crippen LogP contribution in [0.2, 0.25) is 0 Å². The lowest BCUT2D eigenvalue weighted by atomic mass is 9.77. The van der Waals surface area contributed by atoms with Crippen molar-refractivity contribution in [2.75, 3.05) is 0 Å². The third-order valence-electron chi connectivity index (χ3n) is 5.68. The molecule has 31 heavy (non-hydrogen) atoms. The molecule has 6 nitrogen and oxygen atoms in total. The summed E-state index contributed by atoms with van der Waals surface area (Å²) in [6.45, 7) is 5.33. The van der Waals surface area contributed by atoms with Crippen LogP contribution in [0.4, 0.5) is 0 Å². The standard InChI is InChI=1S/C25H18O6/c1-13(2)21(28)10-14-3-6-18-17(9-14)24(29)31-25(18)19-7-4-15(26)11-22(19)30-23-12-16(27)5-8-20(23)25/h3-9,11-12,26-27H,1,10H2,2H3. The first-order valence-electron chi connectivity index (χ1n) is 9.70. The molecule has 3 aromatic rings. The quantitative estimate of drug-likeness (QED) is 0.489. The molecule has 0 saturated heterocycles. The number of Topliss-reactive ketones (excluding diaryl/α,β-unsaturated/α-hetero) is 1. The van der Waals surface area contributed by atoms with Gasteiger partial charge in [0.05, 0.1) is 5.56 Å². The van der Waals surface area contributed by atoms with Crippen molar-refractivity contribution in [2.45, 2.75) is 18.9 Å². The molecule has 0 fully saturated rings. The second kappa shape index (κ2) is 6.47. The van der Waals surface area contributed by atoms with Gasteiger partial charge in [-0.25, -0.2) is 4.79 Å². The number of allylic oxidation sites excluding steroid dienone is 1. The van der Waals surface area contributed by atoms with Crippen molar-refractivity contribution >= 4 is 11.8 Å². The normalized spacial score (nSPS) is 14.8. The van der Waals surface area contributed by atoms with E-state index in [1.54, 1.807) is 37.3 Å². The average Bonchev–Trinajstić information content (AvgIpc) is 3.00. The molecule has 0 aromatic heterocycles. The van der Waals surface area contributed by atoms with Gasteiger partial charge in [0, 0.05) is 35.2 Å². The highest BCUT2D eigenvalue weighted by Gasteiger charge is 2.53. The number of phenolic OH excluding ortho intramolecular Hbond substituents is 2. The van der Waals surface area contributed by atoms with Crippen molar-refractivity contribution in [3.05, 3.63) is 94.6 Å². The number of carbonyl (C=O) groups excluding carboxylic acids is 2. The van der Waals surface area contributed by atoms with Gasteiger partial charge in [-0.05, 0) is 48.4 Å². The maximum Gasteiger partial charge on any atom is 0.340 e. The van der Waals surface area contributed by atoms with Crippen molar-refractivity contribution in [2.24, 2.45) is 0 Å². The Kier molecular flexibility index (Phi) is 3.95. The van der Waals surface area contributed by atoms with Gasteiger partial charge < -0.3 is 19.7 Å². The zero-order valence-corrected chi connectivity index (χ0v) is 16.6. The first kappa shape index (κ1) is 18.9. The van der Waals surface area contributed by atoms with Crippen molar-refractivity contribution in [3.63, 3.8) is 0 Å². The second-order valence-corrected chi connectivity index (χ2v) is 7.79. The molecule has 2 aliphatic heterocycles. The zero-order valence-electron chi connectivity index (χ0n) is 16.6. The minimum Gasteiger partial charge on any atom is -0.508 e. The molecule has 0 saturated carbocycles. The van der Waals surface area contributed by atoms with E-state index in [0.29, 0.717) is 44.9 Å². The van der Waals surface area contributed by atoms with E-state index in [0.717, 1.165) is 0 Å². The molecule has 5 rings (SSSR count). The van der Waals surface area contributed by atoms with Crippen LogP contribution in [0.25, 0.3) is 0 Å². The molecule has 0 atom stereocenters. The highest BCUT2D eigenvalue weighted by Crippen LogP contribution is 2.57. The number of ether oxygens (including phenoxy) is 2. The summed E-state index contributed by atoms with van der Waals surface area (Å²) in [6, 6.07) is 14.4.